The van der Waals surface area contributed by atoms with E-state index in [1.165, 1.54) is 15.6 Å². The van der Waals surface area contributed by atoms with Crippen LogP contribution < -0.4 is 11.1 Å². The first-order valence-corrected chi connectivity index (χ1v) is 12.8. The molecule has 0 radical (unpaired) electrons. The van der Waals surface area contributed by atoms with Crippen molar-refractivity contribution in [1.82, 2.24) is 4.31 Å². The number of piperidine rings is 1. The Morgan fingerprint density at radius 3 is 2.55 bits per heavy atom. The largest absolute Gasteiger partial charge is 0.365 e. The van der Waals surface area contributed by atoms with E-state index in [1.54, 1.807) is 24.3 Å². The van der Waals surface area contributed by atoms with Crippen molar-refractivity contribution in [2.24, 2.45) is 11.7 Å². The molecular formula is C22H27N3O4S2. The number of primary amides is 1. The molecule has 31 heavy (non-hydrogen) atoms. The SMILES string of the molecule is Cc1ccc(S(=O)(=O)N2CCCC(C(=O)Nc3sc4c(c3C(N)=O)CCCC4)C2)cc1. The van der Waals surface area contributed by atoms with Crippen molar-refractivity contribution < 1.29 is 18.0 Å². The van der Waals surface area contributed by atoms with Crippen molar-refractivity contribution in [2.75, 3.05) is 18.4 Å². The van der Waals surface area contributed by atoms with Gasteiger partial charge in [-0.2, -0.15) is 4.31 Å². The van der Waals surface area contributed by atoms with Crippen LogP contribution in [0.3, 0.4) is 0 Å². The van der Waals surface area contributed by atoms with Gasteiger partial charge in [-0.25, -0.2) is 8.42 Å². The maximum absolute atomic E-state index is 13.0. The van der Waals surface area contributed by atoms with Gasteiger partial charge in [-0.05, 0) is 63.1 Å². The van der Waals surface area contributed by atoms with Crippen molar-refractivity contribution in [2.45, 2.75) is 50.3 Å². The van der Waals surface area contributed by atoms with Gasteiger partial charge in [0.2, 0.25) is 15.9 Å². The Labute approximate surface area is 186 Å². The van der Waals surface area contributed by atoms with E-state index in [9.17, 15) is 18.0 Å². The number of fused-ring (bicyclic) bond motifs is 1. The van der Waals surface area contributed by atoms with Crippen molar-refractivity contribution in [3.05, 3.63) is 45.8 Å². The Kier molecular flexibility index (Phi) is 6.18. The number of carbonyl (C=O) groups is 2. The van der Waals surface area contributed by atoms with E-state index in [0.717, 1.165) is 41.7 Å². The molecule has 1 aliphatic carbocycles. The van der Waals surface area contributed by atoms with Crippen LogP contribution in [0.25, 0.3) is 0 Å². The summed E-state index contributed by atoms with van der Waals surface area (Å²) in [5.74, 6) is -1.26. The third-order valence-electron chi connectivity index (χ3n) is 6.07. The summed E-state index contributed by atoms with van der Waals surface area (Å²) in [7, 11) is -3.66. The molecule has 1 aliphatic heterocycles. The predicted molar refractivity (Wildman–Crippen MR) is 121 cm³/mol. The lowest BCUT2D eigenvalue weighted by molar-refractivity contribution is -0.120. The molecule has 2 aromatic rings. The van der Waals surface area contributed by atoms with Crippen LogP contribution in [-0.2, 0) is 27.7 Å². The van der Waals surface area contributed by atoms with Gasteiger partial charge in [0.25, 0.3) is 5.91 Å². The molecule has 7 nitrogen and oxygen atoms in total. The Bertz CT molecular complexity index is 1110. The van der Waals surface area contributed by atoms with Gasteiger partial charge in [-0.1, -0.05) is 17.7 Å². The number of sulfonamides is 1. The molecular weight excluding hydrogens is 434 g/mol. The van der Waals surface area contributed by atoms with Gasteiger partial charge in [-0.15, -0.1) is 11.3 Å². The number of benzene rings is 1. The Morgan fingerprint density at radius 1 is 1.13 bits per heavy atom. The van der Waals surface area contributed by atoms with Crippen LogP contribution in [-0.4, -0.2) is 37.6 Å². The first kappa shape index (κ1) is 22.0. The van der Waals surface area contributed by atoms with Crippen LogP contribution in [0, 0.1) is 12.8 Å². The molecule has 1 aromatic heterocycles. The van der Waals surface area contributed by atoms with E-state index < -0.39 is 21.8 Å². The van der Waals surface area contributed by atoms with E-state index in [4.69, 9.17) is 5.73 Å². The smallest absolute Gasteiger partial charge is 0.251 e. The van der Waals surface area contributed by atoms with Crippen LogP contribution >= 0.6 is 11.3 Å². The minimum absolute atomic E-state index is 0.124. The Hall–Kier alpha value is -2.23. The summed E-state index contributed by atoms with van der Waals surface area (Å²) >= 11 is 1.42. The van der Waals surface area contributed by atoms with Gasteiger partial charge < -0.3 is 11.1 Å². The van der Waals surface area contributed by atoms with Gasteiger partial charge in [-0.3, -0.25) is 9.59 Å². The van der Waals surface area contributed by atoms with Gasteiger partial charge in [0, 0.05) is 18.0 Å². The zero-order valence-electron chi connectivity index (χ0n) is 17.5. The summed E-state index contributed by atoms with van der Waals surface area (Å²) in [6.45, 7) is 2.42. The molecule has 1 aromatic carbocycles. The van der Waals surface area contributed by atoms with E-state index in [1.807, 2.05) is 6.92 Å². The topological polar surface area (TPSA) is 110 Å². The van der Waals surface area contributed by atoms with Gasteiger partial charge in [0.1, 0.15) is 5.00 Å². The number of amides is 2. The number of carbonyl (C=O) groups excluding carboxylic acids is 2. The molecule has 1 unspecified atom stereocenters. The van der Waals surface area contributed by atoms with Gasteiger partial charge >= 0.3 is 0 Å². The zero-order chi connectivity index (χ0) is 22.2. The average Bonchev–Trinajstić information content (AvgIpc) is 3.12. The van der Waals surface area contributed by atoms with Gasteiger partial charge in [0.15, 0.2) is 0 Å². The molecule has 166 valence electrons. The normalized spacial score (nSPS) is 19.6. The molecule has 9 heteroatoms. The van der Waals surface area contributed by atoms with Crippen LogP contribution in [0.5, 0.6) is 0 Å². The first-order chi connectivity index (χ1) is 14.8. The van der Waals surface area contributed by atoms with Crippen LogP contribution in [0.1, 0.15) is 52.0 Å². The highest BCUT2D eigenvalue weighted by Gasteiger charge is 2.34. The highest BCUT2D eigenvalue weighted by atomic mass is 32.2. The van der Waals surface area contributed by atoms with E-state index in [2.05, 4.69) is 5.32 Å². The minimum atomic E-state index is -3.66. The maximum Gasteiger partial charge on any atom is 0.251 e. The van der Waals surface area contributed by atoms with Crippen LogP contribution in [0.15, 0.2) is 29.2 Å². The Morgan fingerprint density at radius 2 is 1.84 bits per heavy atom. The quantitative estimate of drug-likeness (QED) is 0.713. The number of nitrogens with zero attached hydrogens (tertiary/aromatic N) is 1. The minimum Gasteiger partial charge on any atom is -0.365 e. The Balaban J connectivity index is 1.52. The highest BCUT2D eigenvalue weighted by molar-refractivity contribution is 7.89. The summed E-state index contributed by atoms with van der Waals surface area (Å²) in [5.41, 5.74) is 7.99. The number of thiophene rings is 1. The summed E-state index contributed by atoms with van der Waals surface area (Å²) < 4.78 is 27.5. The number of anilines is 1. The molecule has 2 aliphatic rings. The lowest BCUT2D eigenvalue weighted by Crippen LogP contribution is -2.43. The van der Waals surface area contributed by atoms with Crippen molar-refractivity contribution in [3.8, 4) is 0 Å². The third kappa shape index (κ3) is 4.40. The fourth-order valence-corrected chi connectivity index (χ4v) is 7.18. The van der Waals surface area contributed by atoms with Crippen molar-refractivity contribution in [3.63, 3.8) is 0 Å². The van der Waals surface area contributed by atoms with E-state index in [0.29, 0.717) is 30.0 Å². The van der Waals surface area contributed by atoms with E-state index >= 15 is 0 Å². The van der Waals surface area contributed by atoms with Crippen LogP contribution in [0.4, 0.5) is 5.00 Å². The molecule has 0 bridgehead atoms. The number of hydrogen-bond acceptors (Lipinski definition) is 5. The monoisotopic (exact) mass is 461 g/mol. The lowest BCUT2D eigenvalue weighted by atomic mass is 9.95. The standard InChI is InChI=1S/C22H27N3O4S2/c1-14-8-10-16(11-9-14)31(28,29)25-12-4-5-15(13-25)21(27)24-22-19(20(23)26)17-6-2-3-7-18(17)30-22/h8-11,15H,2-7,12-13H2,1H3,(H2,23,26)(H,24,27). The number of hydrogen-bond donors (Lipinski definition) is 2. The summed E-state index contributed by atoms with van der Waals surface area (Å²) in [6.07, 6.45) is 4.96. The second-order valence-corrected chi connectivity index (χ2v) is 11.3. The molecule has 1 atom stereocenters. The second-order valence-electron chi connectivity index (χ2n) is 8.28. The summed E-state index contributed by atoms with van der Waals surface area (Å²) in [4.78, 5) is 26.4. The molecule has 1 fully saturated rings. The highest BCUT2D eigenvalue weighted by Crippen LogP contribution is 2.38. The lowest BCUT2D eigenvalue weighted by Gasteiger charge is -2.31. The predicted octanol–water partition coefficient (Wildman–Crippen LogP) is 3.07. The van der Waals surface area contributed by atoms with E-state index in [-0.39, 0.29) is 17.3 Å². The second kappa shape index (κ2) is 8.72. The fraction of sp³-hybridized carbons (Fsp3) is 0.455. The zero-order valence-corrected chi connectivity index (χ0v) is 19.2. The number of aryl methyl sites for hydroxylation is 2. The molecule has 0 spiro atoms. The number of nitrogens with one attached hydrogen (secondary N) is 1. The molecule has 3 N–H and O–H groups in total. The fourth-order valence-electron chi connectivity index (χ4n) is 4.36. The average molecular weight is 462 g/mol. The molecule has 4 rings (SSSR count). The van der Waals surface area contributed by atoms with Gasteiger partial charge in [0.05, 0.1) is 16.4 Å². The maximum atomic E-state index is 13.0. The molecule has 1 saturated heterocycles. The number of nitrogens with two attached hydrogens (primary N) is 1. The van der Waals surface area contributed by atoms with Crippen LogP contribution in [0.2, 0.25) is 0 Å². The summed E-state index contributed by atoms with van der Waals surface area (Å²) in [6, 6.07) is 6.74. The van der Waals surface area contributed by atoms with Crippen molar-refractivity contribution in [1.29, 1.82) is 0 Å². The van der Waals surface area contributed by atoms with Crippen molar-refractivity contribution >= 4 is 38.2 Å². The molecule has 2 heterocycles. The third-order valence-corrected chi connectivity index (χ3v) is 9.15. The molecule has 2 amide bonds. The molecule has 0 saturated carbocycles. The number of rotatable bonds is 5. The first-order valence-electron chi connectivity index (χ1n) is 10.6. The summed E-state index contributed by atoms with van der Waals surface area (Å²) in [5, 5.41) is 3.40.